The second-order valence-corrected chi connectivity index (χ2v) is 4.63. The number of carbonyl (C=O) groups excluding carboxylic acids is 1. The van der Waals surface area contributed by atoms with Crippen LogP contribution in [-0.2, 0) is 18.9 Å². The van der Waals surface area contributed by atoms with Gasteiger partial charge >= 0.3 is 0 Å². The Bertz CT molecular complexity index is 465. The van der Waals surface area contributed by atoms with Crippen LogP contribution in [0, 0.1) is 12.3 Å². The normalized spacial score (nSPS) is 10.3. The first-order valence-corrected chi connectivity index (χ1v) is 7.79. The van der Waals surface area contributed by atoms with Gasteiger partial charge in [-0.15, -0.1) is 6.42 Å². The Balaban J connectivity index is 1.82. The van der Waals surface area contributed by atoms with Crippen molar-refractivity contribution in [2.24, 2.45) is 0 Å². The van der Waals surface area contributed by atoms with Crippen molar-refractivity contribution in [2.75, 3.05) is 59.5 Å². The highest BCUT2D eigenvalue weighted by Crippen LogP contribution is 2.10. The number of carbonyl (C=O) groups is 1. The first-order valence-electron chi connectivity index (χ1n) is 7.79. The first kappa shape index (κ1) is 20.1. The Morgan fingerprint density at radius 1 is 0.792 bits per heavy atom. The fourth-order valence-electron chi connectivity index (χ4n) is 1.65. The quantitative estimate of drug-likeness (QED) is 0.275. The summed E-state index contributed by atoms with van der Waals surface area (Å²) < 4.78 is 26.6. The highest BCUT2D eigenvalue weighted by molar-refractivity contribution is 5.74. The monoisotopic (exact) mass is 336 g/mol. The average Bonchev–Trinajstić information content (AvgIpc) is 2.62. The van der Waals surface area contributed by atoms with E-state index in [9.17, 15) is 4.79 Å². The van der Waals surface area contributed by atoms with E-state index in [1.807, 2.05) is 0 Å². The summed E-state index contributed by atoms with van der Waals surface area (Å²) in [6, 6.07) is 6.93. The molecule has 6 heteroatoms. The third kappa shape index (κ3) is 10.8. The Labute approximate surface area is 143 Å². The van der Waals surface area contributed by atoms with E-state index in [1.165, 1.54) is 0 Å². The van der Waals surface area contributed by atoms with Gasteiger partial charge in [-0.25, -0.2) is 0 Å². The van der Waals surface area contributed by atoms with Crippen LogP contribution in [0.3, 0.4) is 0 Å². The SMILES string of the molecule is C#CCOCCOCCOCCOCCOc1ccc(C=O)cc1. The van der Waals surface area contributed by atoms with E-state index >= 15 is 0 Å². The molecule has 0 amide bonds. The van der Waals surface area contributed by atoms with E-state index in [-0.39, 0.29) is 0 Å². The number of aldehydes is 1. The molecule has 1 aromatic carbocycles. The molecule has 0 aromatic heterocycles. The van der Waals surface area contributed by atoms with Crippen LogP contribution in [0.5, 0.6) is 5.75 Å². The lowest BCUT2D eigenvalue weighted by Gasteiger charge is -2.08. The van der Waals surface area contributed by atoms with Crippen LogP contribution < -0.4 is 4.74 Å². The number of hydrogen-bond acceptors (Lipinski definition) is 6. The fourth-order valence-corrected chi connectivity index (χ4v) is 1.65. The fraction of sp³-hybridized carbons (Fsp3) is 0.500. The maximum Gasteiger partial charge on any atom is 0.150 e. The summed E-state index contributed by atoms with van der Waals surface area (Å²) in [5.41, 5.74) is 0.625. The molecule has 0 heterocycles. The standard InChI is InChI=1S/C18H24O6/c1-2-7-20-8-9-21-10-11-22-12-13-23-14-15-24-18-5-3-17(16-19)4-6-18/h1,3-6,16H,7-15H2. The predicted octanol–water partition coefficient (Wildman–Crippen LogP) is 1.58. The highest BCUT2D eigenvalue weighted by Gasteiger charge is 1.96. The van der Waals surface area contributed by atoms with Crippen molar-refractivity contribution >= 4 is 6.29 Å². The zero-order valence-electron chi connectivity index (χ0n) is 13.8. The van der Waals surface area contributed by atoms with Crippen LogP contribution in [0.4, 0.5) is 0 Å². The van der Waals surface area contributed by atoms with Crippen molar-refractivity contribution in [1.29, 1.82) is 0 Å². The number of hydrogen-bond donors (Lipinski definition) is 0. The Morgan fingerprint density at radius 3 is 1.79 bits per heavy atom. The summed E-state index contributed by atoms with van der Waals surface area (Å²) in [6.07, 6.45) is 5.84. The van der Waals surface area contributed by atoms with Crippen molar-refractivity contribution in [2.45, 2.75) is 0 Å². The zero-order valence-corrected chi connectivity index (χ0v) is 13.8. The van der Waals surface area contributed by atoms with Gasteiger partial charge in [-0.05, 0) is 24.3 Å². The molecule has 0 radical (unpaired) electrons. The Kier molecular flexibility index (Phi) is 12.3. The molecule has 6 nitrogen and oxygen atoms in total. The van der Waals surface area contributed by atoms with Crippen LogP contribution in [-0.4, -0.2) is 65.7 Å². The van der Waals surface area contributed by atoms with Gasteiger partial charge in [0.1, 0.15) is 25.2 Å². The molecule has 0 spiro atoms. The summed E-state index contributed by atoms with van der Waals surface area (Å²) in [7, 11) is 0. The number of benzene rings is 1. The van der Waals surface area contributed by atoms with Gasteiger partial charge in [-0.3, -0.25) is 4.79 Å². The molecule has 1 rings (SSSR count). The number of terminal acetylenes is 1. The third-order valence-electron chi connectivity index (χ3n) is 2.81. The van der Waals surface area contributed by atoms with E-state index in [1.54, 1.807) is 24.3 Å². The predicted molar refractivity (Wildman–Crippen MR) is 89.4 cm³/mol. The van der Waals surface area contributed by atoms with Crippen LogP contribution in [0.25, 0.3) is 0 Å². The molecular weight excluding hydrogens is 312 g/mol. The molecule has 0 fully saturated rings. The van der Waals surface area contributed by atoms with Crippen LogP contribution in [0.1, 0.15) is 10.4 Å². The molecule has 1 aromatic rings. The number of ether oxygens (including phenoxy) is 5. The molecule has 0 aliphatic heterocycles. The van der Waals surface area contributed by atoms with Crippen molar-refractivity contribution in [3.63, 3.8) is 0 Å². The van der Waals surface area contributed by atoms with Gasteiger partial charge in [0.15, 0.2) is 0 Å². The average molecular weight is 336 g/mol. The van der Waals surface area contributed by atoms with E-state index < -0.39 is 0 Å². The third-order valence-corrected chi connectivity index (χ3v) is 2.81. The van der Waals surface area contributed by atoms with Crippen molar-refractivity contribution in [3.8, 4) is 18.1 Å². The topological polar surface area (TPSA) is 63.2 Å². The van der Waals surface area contributed by atoms with Crippen LogP contribution in [0.2, 0.25) is 0 Å². The van der Waals surface area contributed by atoms with Gasteiger partial charge in [0.25, 0.3) is 0 Å². The summed E-state index contributed by atoms with van der Waals surface area (Å²) in [4.78, 5) is 10.5. The lowest BCUT2D eigenvalue weighted by atomic mass is 10.2. The minimum absolute atomic E-state index is 0.310. The lowest BCUT2D eigenvalue weighted by molar-refractivity contribution is -0.00187. The maximum atomic E-state index is 10.5. The molecule has 0 saturated carbocycles. The van der Waals surface area contributed by atoms with Crippen molar-refractivity contribution in [1.82, 2.24) is 0 Å². The van der Waals surface area contributed by atoms with E-state index in [2.05, 4.69) is 5.92 Å². The second-order valence-electron chi connectivity index (χ2n) is 4.63. The minimum atomic E-state index is 0.310. The lowest BCUT2D eigenvalue weighted by Crippen LogP contribution is -2.13. The molecule has 0 aliphatic rings. The van der Waals surface area contributed by atoms with Gasteiger partial charge in [-0.2, -0.15) is 0 Å². The molecule has 0 saturated heterocycles. The van der Waals surface area contributed by atoms with E-state index in [0.29, 0.717) is 70.8 Å². The molecule has 132 valence electrons. The summed E-state index contributed by atoms with van der Waals surface area (Å²) in [6.45, 7) is 4.26. The zero-order chi connectivity index (χ0) is 17.3. The van der Waals surface area contributed by atoms with Gasteiger partial charge in [0.2, 0.25) is 0 Å². The smallest absolute Gasteiger partial charge is 0.150 e. The largest absolute Gasteiger partial charge is 0.491 e. The van der Waals surface area contributed by atoms with E-state index in [4.69, 9.17) is 30.1 Å². The highest BCUT2D eigenvalue weighted by atomic mass is 16.6. The number of rotatable bonds is 15. The Hall–Kier alpha value is -1.91. The van der Waals surface area contributed by atoms with Gasteiger partial charge in [0, 0.05) is 5.56 Å². The minimum Gasteiger partial charge on any atom is -0.491 e. The molecule has 24 heavy (non-hydrogen) atoms. The van der Waals surface area contributed by atoms with E-state index in [0.717, 1.165) is 6.29 Å². The van der Waals surface area contributed by atoms with Crippen LogP contribution >= 0.6 is 0 Å². The van der Waals surface area contributed by atoms with Gasteiger partial charge < -0.3 is 23.7 Å². The summed E-state index contributed by atoms with van der Waals surface area (Å²) in [5.74, 6) is 3.10. The van der Waals surface area contributed by atoms with Gasteiger partial charge in [-0.1, -0.05) is 5.92 Å². The second kappa shape index (κ2) is 14.7. The summed E-state index contributed by atoms with van der Waals surface area (Å²) in [5, 5.41) is 0. The molecular formula is C18H24O6. The van der Waals surface area contributed by atoms with Crippen molar-refractivity contribution in [3.05, 3.63) is 29.8 Å². The first-order chi connectivity index (χ1) is 11.9. The molecule has 0 bridgehead atoms. The van der Waals surface area contributed by atoms with Crippen molar-refractivity contribution < 1.29 is 28.5 Å². The molecule has 0 atom stereocenters. The molecule has 0 aliphatic carbocycles. The van der Waals surface area contributed by atoms with Crippen LogP contribution in [0.15, 0.2) is 24.3 Å². The van der Waals surface area contributed by atoms with Gasteiger partial charge in [0.05, 0.1) is 46.2 Å². The summed E-state index contributed by atoms with van der Waals surface area (Å²) >= 11 is 0. The maximum absolute atomic E-state index is 10.5. The molecule has 0 unspecified atom stereocenters. The Morgan fingerprint density at radius 2 is 1.29 bits per heavy atom. The molecule has 0 N–H and O–H groups in total.